The first-order valence-corrected chi connectivity index (χ1v) is 7.00. The van der Waals surface area contributed by atoms with Crippen LogP contribution >= 0.6 is 11.3 Å². The molecule has 0 radical (unpaired) electrons. The van der Waals surface area contributed by atoms with Crippen LogP contribution < -0.4 is 15.8 Å². The quantitative estimate of drug-likeness (QED) is 0.721. The number of benzene rings is 1. The van der Waals surface area contributed by atoms with Gasteiger partial charge in [0.25, 0.3) is 0 Å². The Balaban J connectivity index is 1.79. The van der Waals surface area contributed by atoms with Crippen LogP contribution in [0.4, 0.5) is 11.5 Å². The van der Waals surface area contributed by atoms with Gasteiger partial charge in [-0.25, -0.2) is 9.97 Å². The molecule has 102 valence electrons. The van der Waals surface area contributed by atoms with E-state index in [1.165, 1.54) is 0 Å². The number of nitrogens with zero attached hydrogens (tertiary/aromatic N) is 2. The monoisotopic (exact) mass is 286 g/mol. The SMILES string of the molecule is COc1ccc(CNc2ncnc3sccc23)cc1N. The first-order valence-electron chi connectivity index (χ1n) is 6.12. The molecule has 0 saturated heterocycles. The second kappa shape index (κ2) is 5.34. The van der Waals surface area contributed by atoms with Crippen LogP contribution in [-0.2, 0) is 6.54 Å². The van der Waals surface area contributed by atoms with Gasteiger partial charge in [0.15, 0.2) is 0 Å². The number of nitrogen functional groups attached to an aromatic ring is 1. The summed E-state index contributed by atoms with van der Waals surface area (Å²) in [7, 11) is 1.61. The zero-order valence-electron chi connectivity index (χ0n) is 11.0. The summed E-state index contributed by atoms with van der Waals surface area (Å²) in [5, 5.41) is 6.36. The van der Waals surface area contributed by atoms with Gasteiger partial charge in [0, 0.05) is 6.54 Å². The Hall–Kier alpha value is -2.34. The minimum absolute atomic E-state index is 0.634. The lowest BCUT2D eigenvalue weighted by Crippen LogP contribution is -2.03. The molecule has 0 atom stereocenters. The van der Waals surface area contributed by atoms with Crippen molar-refractivity contribution in [1.82, 2.24) is 9.97 Å². The largest absolute Gasteiger partial charge is 0.495 e. The van der Waals surface area contributed by atoms with E-state index in [4.69, 9.17) is 10.5 Å². The summed E-state index contributed by atoms with van der Waals surface area (Å²) in [4.78, 5) is 9.49. The molecule has 0 aliphatic heterocycles. The average molecular weight is 286 g/mol. The fourth-order valence-electron chi connectivity index (χ4n) is 2.01. The van der Waals surface area contributed by atoms with Gasteiger partial charge in [-0.05, 0) is 29.1 Å². The second-order valence-corrected chi connectivity index (χ2v) is 5.19. The molecule has 0 aliphatic rings. The normalized spacial score (nSPS) is 10.7. The maximum Gasteiger partial charge on any atom is 0.141 e. The number of aromatic nitrogens is 2. The highest BCUT2D eigenvalue weighted by Gasteiger charge is 2.05. The number of rotatable bonds is 4. The number of methoxy groups -OCH3 is 1. The second-order valence-electron chi connectivity index (χ2n) is 4.29. The predicted molar refractivity (Wildman–Crippen MR) is 82.1 cm³/mol. The van der Waals surface area contributed by atoms with Crippen molar-refractivity contribution in [2.45, 2.75) is 6.54 Å². The molecule has 0 spiro atoms. The van der Waals surface area contributed by atoms with E-state index in [9.17, 15) is 0 Å². The van der Waals surface area contributed by atoms with E-state index in [1.54, 1.807) is 24.8 Å². The number of nitrogens with one attached hydrogen (secondary N) is 1. The topological polar surface area (TPSA) is 73.1 Å². The van der Waals surface area contributed by atoms with Gasteiger partial charge in [-0.2, -0.15) is 0 Å². The fourth-order valence-corrected chi connectivity index (χ4v) is 2.74. The Labute approximate surface area is 120 Å². The molecule has 0 saturated carbocycles. The van der Waals surface area contributed by atoms with Gasteiger partial charge in [0.05, 0.1) is 18.2 Å². The first kappa shape index (κ1) is 12.7. The van der Waals surface area contributed by atoms with Crippen LogP contribution in [0.25, 0.3) is 10.2 Å². The lowest BCUT2D eigenvalue weighted by Gasteiger charge is -2.09. The highest BCUT2D eigenvalue weighted by molar-refractivity contribution is 7.16. The van der Waals surface area contributed by atoms with Gasteiger partial charge in [-0.1, -0.05) is 6.07 Å². The maximum absolute atomic E-state index is 5.90. The third-order valence-electron chi connectivity index (χ3n) is 3.02. The van der Waals surface area contributed by atoms with E-state index in [0.29, 0.717) is 18.0 Å². The van der Waals surface area contributed by atoms with Crippen molar-refractivity contribution < 1.29 is 4.74 Å². The van der Waals surface area contributed by atoms with Crippen molar-refractivity contribution in [2.75, 3.05) is 18.2 Å². The molecule has 2 heterocycles. The minimum atomic E-state index is 0.634. The number of hydrogen-bond acceptors (Lipinski definition) is 6. The third kappa shape index (κ3) is 2.37. The van der Waals surface area contributed by atoms with Gasteiger partial charge >= 0.3 is 0 Å². The van der Waals surface area contributed by atoms with Gasteiger partial charge in [0.1, 0.15) is 22.7 Å². The van der Waals surface area contributed by atoms with Crippen molar-refractivity contribution in [3.63, 3.8) is 0 Å². The first-order chi connectivity index (χ1) is 9.78. The molecule has 0 bridgehead atoms. The molecule has 3 N–H and O–H groups in total. The lowest BCUT2D eigenvalue weighted by molar-refractivity contribution is 0.417. The Kier molecular flexibility index (Phi) is 3.39. The van der Waals surface area contributed by atoms with Gasteiger partial charge in [-0.3, -0.25) is 0 Å². The highest BCUT2D eigenvalue weighted by Crippen LogP contribution is 2.25. The summed E-state index contributed by atoms with van der Waals surface area (Å²) in [6.07, 6.45) is 1.57. The molecular weight excluding hydrogens is 272 g/mol. The molecule has 2 aromatic heterocycles. The molecular formula is C14H14N4OS. The van der Waals surface area contributed by atoms with E-state index < -0.39 is 0 Å². The van der Waals surface area contributed by atoms with Crippen LogP contribution in [0.15, 0.2) is 36.0 Å². The Morgan fingerprint density at radius 2 is 2.20 bits per heavy atom. The van der Waals surface area contributed by atoms with Crippen LogP contribution in [0.1, 0.15) is 5.56 Å². The summed E-state index contributed by atoms with van der Waals surface area (Å²) in [5.74, 6) is 1.53. The molecule has 1 aromatic carbocycles. The van der Waals surface area contributed by atoms with Crippen LogP contribution in [0.5, 0.6) is 5.75 Å². The third-order valence-corrected chi connectivity index (χ3v) is 3.84. The van der Waals surface area contributed by atoms with E-state index in [-0.39, 0.29) is 0 Å². The Bertz CT molecular complexity index is 741. The number of thiophene rings is 1. The Morgan fingerprint density at radius 1 is 1.30 bits per heavy atom. The molecule has 0 unspecified atom stereocenters. The number of ether oxygens (including phenoxy) is 1. The number of anilines is 2. The standard InChI is InChI=1S/C14H14N4OS/c1-19-12-3-2-9(6-11(12)15)7-16-13-10-4-5-20-14(10)18-8-17-13/h2-6,8H,7,15H2,1H3,(H,16,17,18). The molecule has 6 heteroatoms. The van der Waals surface area contributed by atoms with Crippen molar-refractivity contribution >= 4 is 33.1 Å². The number of fused-ring (bicyclic) bond motifs is 1. The minimum Gasteiger partial charge on any atom is -0.495 e. The van der Waals surface area contributed by atoms with Crippen LogP contribution in [-0.4, -0.2) is 17.1 Å². The van der Waals surface area contributed by atoms with Crippen LogP contribution in [0.2, 0.25) is 0 Å². The molecule has 0 amide bonds. The van der Waals surface area contributed by atoms with Gasteiger partial charge in [-0.15, -0.1) is 11.3 Å². The highest BCUT2D eigenvalue weighted by atomic mass is 32.1. The van der Waals surface area contributed by atoms with Crippen molar-refractivity contribution in [1.29, 1.82) is 0 Å². The summed E-state index contributed by atoms with van der Waals surface area (Å²) in [6, 6.07) is 7.77. The van der Waals surface area contributed by atoms with E-state index in [2.05, 4.69) is 15.3 Å². The zero-order chi connectivity index (χ0) is 13.9. The summed E-state index contributed by atoms with van der Waals surface area (Å²) >= 11 is 1.60. The van der Waals surface area contributed by atoms with Crippen molar-refractivity contribution in [3.8, 4) is 5.75 Å². The van der Waals surface area contributed by atoms with Gasteiger partial charge in [0.2, 0.25) is 0 Å². The van der Waals surface area contributed by atoms with E-state index in [1.807, 2.05) is 29.6 Å². The van der Waals surface area contributed by atoms with Crippen LogP contribution in [0.3, 0.4) is 0 Å². The van der Waals surface area contributed by atoms with Crippen molar-refractivity contribution in [2.24, 2.45) is 0 Å². The summed E-state index contributed by atoms with van der Waals surface area (Å²) in [5.41, 5.74) is 7.61. The fraction of sp³-hybridized carbons (Fsp3) is 0.143. The average Bonchev–Trinajstić information content (AvgIpc) is 2.94. The Morgan fingerprint density at radius 3 is 3.00 bits per heavy atom. The van der Waals surface area contributed by atoms with Crippen molar-refractivity contribution in [3.05, 3.63) is 41.5 Å². The zero-order valence-corrected chi connectivity index (χ0v) is 11.8. The smallest absolute Gasteiger partial charge is 0.141 e. The lowest BCUT2D eigenvalue weighted by atomic mass is 10.2. The van der Waals surface area contributed by atoms with E-state index >= 15 is 0 Å². The molecule has 20 heavy (non-hydrogen) atoms. The molecule has 0 aliphatic carbocycles. The molecule has 5 nitrogen and oxygen atoms in total. The number of hydrogen-bond donors (Lipinski definition) is 2. The van der Waals surface area contributed by atoms with Crippen LogP contribution in [0, 0.1) is 0 Å². The molecule has 3 rings (SSSR count). The summed E-state index contributed by atoms with van der Waals surface area (Å²) < 4.78 is 5.15. The van der Waals surface area contributed by atoms with Gasteiger partial charge < -0.3 is 15.8 Å². The molecule has 0 fully saturated rings. The number of nitrogens with two attached hydrogens (primary N) is 1. The predicted octanol–water partition coefficient (Wildman–Crippen LogP) is 2.89. The summed E-state index contributed by atoms with van der Waals surface area (Å²) in [6.45, 7) is 0.649. The molecule has 3 aromatic rings. The maximum atomic E-state index is 5.90. The van der Waals surface area contributed by atoms with E-state index in [0.717, 1.165) is 21.6 Å².